The van der Waals surface area contributed by atoms with Gasteiger partial charge in [-0.25, -0.2) is 0 Å². The quantitative estimate of drug-likeness (QED) is 0.585. The molecule has 0 unspecified atom stereocenters. The summed E-state index contributed by atoms with van der Waals surface area (Å²) in [5.41, 5.74) is 0. The smallest absolute Gasteiger partial charge is 0.870 e. The minimum Gasteiger partial charge on any atom is -0.870 e. The fourth-order valence-electron chi connectivity index (χ4n) is 0. The summed E-state index contributed by atoms with van der Waals surface area (Å²) < 4.78 is 0. The predicted molar refractivity (Wildman–Crippen MR) is 35.9 cm³/mol. The topological polar surface area (TPSA) is 288 Å². The third-order valence-electron chi connectivity index (χ3n) is 0. The average Bonchev–Trinajstić information content (AvgIpc) is 0. The van der Waals surface area contributed by atoms with Crippen molar-refractivity contribution in [2.24, 2.45) is 0 Å². The van der Waals surface area contributed by atoms with Crippen molar-refractivity contribution in [2.45, 2.75) is 0 Å². The Hall–Kier alpha value is 0.328. The van der Waals surface area contributed by atoms with Crippen LogP contribution in [0.5, 0.6) is 0 Å². The van der Waals surface area contributed by atoms with Crippen LogP contribution in [-0.4, -0.2) is 27.4 Å². The second-order valence-corrected chi connectivity index (χ2v) is 0. The van der Waals surface area contributed by atoms with Gasteiger partial charge < -0.3 is 52.0 Å². The summed E-state index contributed by atoms with van der Waals surface area (Å²) in [5.74, 6) is 0. The van der Waals surface area contributed by atoms with Gasteiger partial charge in [-0.3, -0.25) is 0 Å². The van der Waals surface area contributed by atoms with E-state index >= 15 is 0 Å². The van der Waals surface area contributed by atoms with Crippen LogP contribution in [0.2, 0.25) is 0 Å². The zero-order chi connectivity index (χ0) is 0. The van der Waals surface area contributed by atoms with Crippen LogP contribution in [0.1, 0.15) is 0 Å². The maximum Gasteiger partial charge on any atom is 2.00 e. The van der Waals surface area contributed by atoms with E-state index in [4.69, 9.17) is 0 Å². The molecule has 0 aromatic heterocycles. The minimum atomic E-state index is 0. The zero-order valence-corrected chi connectivity index (χ0v) is 7.29. The molecule has 0 fully saturated rings. The van der Waals surface area contributed by atoms with Crippen LogP contribution in [0.3, 0.4) is 0 Å². The summed E-state index contributed by atoms with van der Waals surface area (Å²) in [6.45, 7) is 0. The number of rotatable bonds is 0. The van der Waals surface area contributed by atoms with Crippen LogP contribution in [0.25, 0.3) is 24.6 Å². The molecular formula is H16N4O5Pt-4. The molecule has 0 radical (unpaired) electrons. The van der Waals surface area contributed by atoms with Gasteiger partial charge in [-0.2, -0.15) is 0 Å². The van der Waals surface area contributed by atoms with Gasteiger partial charge in [0.05, 0.1) is 0 Å². The summed E-state index contributed by atoms with van der Waals surface area (Å²) in [7, 11) is 0. The summed E-state index contributed by atoms with van der Waals surface area (Å²) in [4.78, 5) is 0. The van der Waals surface area contributed by atoms with E-state index in [1.807, 2.05) is 0 Å². The van der Waals surface area contributed by atoms with Crippen molar-refractivity contribution in [3.63, 3.8) is 0 Å². The van der Waals surface area contributed by atoms with Crippen molar-refractivity contribution in [1.29, 1.82) is 0 Å². The van der Waals surface area contributed by atoms with Crippen LogP contribution in [0.4, 0.5) is 0 Å². The van der Waals surface area contributed by atoms with E-state index in [1.54, 1.807) is 0 Å². The first kappa shape index (κ1) is 8340. The largest absolute Gasteiger partial charge is 2.00 e. The summed E-state index contributed by atoms with van der Waals surface area (Å²) in [5, 5.41) is 0. The maximum atomic E-state index is 0. The monoisotopic (exact) mass is 347 g/mol. The molecule has 16 N–H and O–H groups in total. The van der Waals surface area contributed by atoms with Gasteiger partial charge in [0.1, 0.15) is 0 Å². The SMILES string of the molecule is O.O.O.[NH2-].[NH2-].[NH2-].[NH2-].[OH-].[OH-].[Pt+2]. The first-order chi connectivity index (χ1) is 0. The van der Waals surface area contributed by atoms with Crippen molar-refractivity contribution >= 4 is 0 Å². The van der Waals surface area contributed by atoms with Gasteiger partial charge >= 0.3 is 21.1 Å². The van der Waals surface area contributed by atoms with E-state index in [1.165, 1.54) is 0 Å². The van der Waals surface area contributed by atoms with Crippen molar-refractivity contribution in [2.75, 3.05) is 0 Å². The molecule has 0 saturated heterocycles. The summed E-state index contributed by atoms with van der Waals surface area (Å²) >= 11 is 0. The molecule has 0 aliphatic heterocycles. The normalized spacial score (nSPS) is 0. The molecule has 10 heavy (non-hydrogen) atoms. The molecule has 80 valence electrons. The number of nitrogens with two attached hydrogens (primary N) is 4. The fraction of sp³-hybridized carbons (Fsp3) is 0. The Morgan fingerprint density at radius 3 is 0.400 bits per heavy atom. The molecule has 0 bridgehead atoms. The molecule has 0 aromatic carbocycles. The third kappa shape index (κ3) is 4150. The molecule has 0 aromatic rings. The van der Waals surface area contributed by atoms with E-state index in [2.05, 4.69) is 0 Å². The molecule has 0 aliphatic rings. The Kier molecular flexibility index (Phi) is 5010000. The number of hydrogen-bond donors (Lipinski definition) is 0. The van der Waals surface area contributed by atoms with Gasteiger partial charge in [0.2, 0.25) is 0 Å². The maximum absolute atomic E-state index is 0. The van der Waals surface area contributed by atoms with Gasteiger partial charge in [0, 0.05) is 0 Å². The van der Waals surface area contributed by atoms with Crippen molar-refractivity contribution in [3.8, 4) is 0 Å². The van der Waals surface area contributed by atoms with Crippen molar-refractivity contribution in [1.82, 2.24) is 0 Å². The molecule has 10 heteroatoms. The van der Waals surface area contributed by atoms with E-state index in [9.17, 15) is 0 Å². The van der Waals surface area contributed by atoms with Gasteiger partial charge in [0.15, 0.2) is 0 Å². The predicted octanol–water partition coefficient (Wildman–Crippen LogP) is 0.0382. The Bertz CT molecular complexity index is 13.6. The van der Waals surface area contributed by atoms with E-state index in [0.717, 1.165) is 0 Å². The second-order valence-electron chi connectivity index (χ2n) is 0. The Morgan fingerprint density at radius 1 is 0.400 bits per heavy atom. The van der Waals surface area contributed by atoms with E-state index < -0.39 is 0 Å². The van der Waals surface area contributed by atoms with Crippen molar-refractivity contribution < 1.29 is 48.4 Å². The number of hydrogen-bond acceptors (Lipinski definition) is 2. The molecule has 9 nitrogen and oxygen atoms in total. The van der Waals surface area contributed by atoms with Gasteiger partial charge in [0.25, 0.3) is 0 Å². The van der Waals surface area contributed by atoms with Crippen LogP contribution < -0.4 is 0 Å². The van der Waals surface area contributed by atoms with Gasteiger partial charge in [-0.05, 0) is 0 Å². The second kappa shape index (κ2) is 6000. The molecule has 0 saturated carbocycles. The molecule has 0 heterocycles. The standard InChI is InChI=1S/4H2N.5H2O.Pt/h9*1H2;/q4*-1;;;;;;+2/p-2. The average molecular weight is 347 g/mol. The first-order valence-corrected chi connectivity index (χ1v) is 0. The summed E-state index contributed by atoms with van der Waals surface area (Å²) in [6.07, 6.45) is 0. The molecular weight excluding hydrogens is 331 g/mol. The molecule has 0 aliphatic carbocycles. The van der Waals surface area contributed by atoms with Crippen LogP contribution in [-0.2, 0) is 21.1 Å². The van der Waals surface area contributed by atoms with Crippen LogP contribution in [0, 0.1) is 0 Å². The van der Waals surface area contributed by atoms with Gasteiger partial charge in [-0.1, -0.05) is 0 Å². The molecule has 0 rings (SSSR count). The van der Waals surface area contributed by atoms with Crippen LogP contribution >= 0.6 is 0 Å². The van der Waals surface area contributed by atoms with E-state index in [0.29, 0.717) is 0 Å². The Balaban J connectivity index is 0. The minimum absolute atomic E-state index is 0. The van der Waals surface area contributed by atoms with Crippen molar-refractivity contribution in [3.05, 3.63) is 24.6 Å². The Labute approximate surface area is 73.7 Å². The Morgan fingerprint density at radius 2 is 0.400 bits per heavy atom. The first-order valence-electron chi connectivity index (χ1n) is 0. The molecule has 0 atom stereocenters. The van der Waals surface area contributed by atoms with E-state index in [-0.39, 0.29) is 73.0 Å². The third-order valence-corrected chi connectivity index (χ3v) is 0. The zero-order valence-electron chi connectivity index (χ0n) is 5.02. The molecule has 0 spiro atoms. The van der Waals surface area contributed by atoms with Gasteiger partial charge in [-0.15, -0.1) is 0 Å². The fourth-order valence-corrected chi connectivity index (χ4v) is 0. The van der Waals surface area contributed by atoms with Crippen LogP contribution in [0.15, 0.2) is 0 Å². The molecule has 0 amide bonds. The summed E-state index contributed by atoms with van der Waals surface area (Å²) in [6, 6.07) is 0.